The SMILES string of the molecule is Cc1ccc(NC(=O)C[NH+](C)[C@@H]2CCCc3ccccc32)c(Cl)c1. The second-order valence-electron chi connectivity index (χ2n) is 6.70. The van der Waals surface area contributed by atoms with Crippen molar-refractivity contribution < 1.29 is 9.69 Å². The number of likely N-dealkylation sites (N-methyl/N-ethyl adjacent to an activating group) is 1. The van der Waals surface area contributed by atoms with E-state index in [2.05, 4.69) is 36.6 Å². The molecule has 0 fully saturated rings. The number of rotatable bonds is 4. The van der Waals surface area contributed by atoms with Crippen LogP contribution in [0, 0.1) is 6.92 Å². The van der Waals surface area contributed by atoms with Gasteiger partial charge < -0.3 is 10.2 Å². The molecule has 0 radical (unpaired) electrons. The zero-order chi connectivity index (χ0) is 17.1. The maximum absolute atomic E-state index is 12.4. The van der Waals surface area contributed by atoms with E-state index < -0.39 is 0 Å². The fraction of sp³-hybridized carbons (Fsp3) is 0.350. The first-order valence-electron chi connectivity index (χ1n) is 8.50. The first-order chi connectivity index (χ1) is 11.5. The van der Waals surface area contributed by atoms with Crippen LogP contribution in [-0.4, -0.2) is 19.5 Å². The van der Waals surface area contributed by atoms with Crippen LogP contribution >= 0.6 is 11.6 Å². The van der Waals surface area contributed by atoms with Gasteiger partial charge in [0.15, 0.2) is 6.54 Å². The van der Waals surface area contributed by atoms with E-state index in [4.69, 9.17) is 11.6 Å². The lowest BCUT2D eigenvalue weighted by Gasteiger charge is -2.30. The highest BCUT2D eigenvalue weighted by Gasteiger charge is 2.28. The fourth-order valence-electron chi connectivity index (χ4n) is 3.56. The van der Waals surface area contributed by atoms with Crippen molar-refractivity contribution in [2.75, 3.05) is 18.9 Å². The minimum absolute atomic E-state index is 0.00121. The molecule has 2 atom stereocenters. The molecule has 0 heterocycles. The smallest absolute Gasteiger partial charge is 0.279 e. The van der Waals surface area contributed by atoms with Gasteiger partial charge in [-0.25, -0.2) is 0 Å². The van der Waals surface area contributed by atoms with E-state index in [1.807, 2.05) is 25.1 Å². The molecule has 2 aromatic rings. The fourth-order valence-corrected chi connectivity index (χ4v) is 3.84. The number of hydrogen-bond acceptors (Lipinski definition) is 1. The van der Waals surface area contributed by atoms with Crippen molar-refractivity contribution in [1.29, 1.82) is 0 Å². The van der Waals surface area contributed by atoms with Crippen molar-refractivity contribution in [3.8, 4) is 0 Å². The molecule has 1 unspecified atom stereocenters. The van der Waals surface area contributed by atoms with Gasteiger partial charge in [0.2, 0.25) is 0 Å². The number of halogens is 1. The Morgan fingerprint density at radius 1 is 1.29 bits per heavy atom. The molecule has 2 N–H and O–H groups in total. The Labute approximate surface area is 148 Å². The van der Waals surface area contributed by atoms with Crippen LogP contribution < -0.4 is 10.2 Å². The first kappa shape index (κ1) is 17.0. The van der Waals surface area contributed by atoms with Crippen LogP contribution in [0.5, 0.6) is 0 Å². The van der Waals surface area contributed by atoms with Crippen LogP contribution in [0.15, 0.2) is 42.5 Å². The van der Waals surface area contributed by atoms with Crippen molar-refractivity contribution in [3.63, 3.8) is 0 Å². The number of anilines is 1. The molecule has 0 bridgehead atoms. The summed E-state index contributed by atoms with van der Waals surface area (Å²) in [6, 6.07) is 14.7. The summed E-state index contributed by atoms with van der Waals surface area (Å²) < 4.78 is 0. The molecule has 24 heavy (non-hydrogen) atoms. The van der Waals surface area contributed by atoms with E-state index in [1.165, 1.54) is 22.4 Å². The van der Waals surface area contributed by atoms with Gasteiger partial charge in [-0.3, -0.25) is 4.79 Å². The number of fused-ring (bicyclic) bond motifs is 1. The van der Waals surface area contributed by atoms with Gasteiger partial charge in [-0.05, 0) is 43.0 Å². The number of hydrogen-bond donors (Lipinski definition) is 2. The molecule has 4 heteroatoms. The third kappa shape index (κ3) is 3.80. The summed E-state index contributed by atoms with van der Waals surface area (Å²) >= 11 is 6.20. The van der Waals surface area contributed by atoms with Crippen molar-refractivity contribution in [2.24, 2.45) is 0 Å². The van der Waals surface area contributed by atoms with Crippen LogP contribution in [0.4, 0.5) is 5.69 Å². The van der Waals surface area contributed by atoms with Gasteiger partial charge in [0, 0.05) is 12.0 Å². The molecule has 0 spiro atoms. The van der Waals surface area contributed by atoms with Gasteiger partial charge in [0.05, 0.1) is 17.8 Å². The number of carbonyl (C=O) groups is 1. The summed E-state index contributed by atoms with van der Waals surface area (Å²) in [6.45, 7) is 2.42. The molecule has 0 saturated heterocycles. The maximum atomic E-state index is 12.4. The maximum Gasteiger partial charge on any atom is 0.279 e. The quantitative estimate of drug-likeness (QED) is 0.878. The van der Waals surface area contributed by atoms with Crippen molar-refractivity contribution in [1.82, 2.24) is 0 Å². The molecule has 126 valence electrons. The highest BCUT2D eigenvalue weighted by molar-refractivity contribution is 6.33. The highest BCUT2D eigenvalue weighted by atomic mass is 35.5. The molecular formula is C20H24ClN2O+. The van der Waals surface area contributed by atoms with E-state index in [-0.39, 0.29) is 5.91 Å². The molecule has 3 rings (SSSR count). The summed E-state index contributed by atoms with van der Waals surface area (Å²) in [5.41, 5.74) is 4.58. The number of aryl methyl sites for hydroxylation is 2. The van der Waals surface area contributed by atoms with Gasteiger partial charge in [-0.2, -0.15) is 0 Å². The Kier molecular flexibility index (Phi) is 5.22. The minimum atomic E-state index is 0.00121. The third-order valence-electron chi connectivity index (χ3n) is 4.80. The number of quaternary nitrogens is 1. The monoisotopic (exact) mass is 343 g/mol. The molecule has 1 amide bonds. The predicted molar refractivity (Wildman–Crippen MR) is 98.7 cm³/mol. The number of carbonyl (C=O) groups excluding carboxylic acids is 1. The van der Waals surface area contributed by atoms with E-state index in [0.29, 0.717) is 23.3 Å². The van der Waals surface area contributed by atoms with Crippen LogP contribution in [0.2, 0.25) is 5.02 Å². The molecule has 1 aliphatic rings. The van der Waals surface area contributed by atoms with E-state index in [9.17, 15) is 4.79 Å². The Balaban J connectivity index is 1.67. The minimum Gasteiger partial charge on any atom is -0.323 e. The lowest BCUT2D eigenvalue weighted by molar-refractivity contribution is -0.905. The van der Waals surface area contributed by atoms with Gasteiger partial charge in [0.1, 0.15) is 6.04 Å². The van der Waals surface area contributed by atoms with E-state index in [1.54, 1.807) is 0 Å². The van der Waals surface area contributed by atoms with Crippen molar-refractivity contribution in [2.45, 2.75) is 32.2 Å². The summed E-state index contributed by atoms with van der Waals surface area (Å²) in [4.78, 5) is 13.6. The lowest BCUT2D eigenvalue weighted by Crippen LogP contribution is -3.10. The van der Waals surface area contributed by atoms with Crippen LogP contribution in [0.25, 0.3) is 0 Å². The van der Waals surface area contributed by atoms with Gasteiger partial charge >= 0.3 is 0 Å². The highest BCUT2D eigenvalue weighted by Crippen LogP contribution is 2.27. The first-order valence-corrected chi connectivity index (χ1v) is 8.88. The van der Waals surface area contributed by atoms with Crippen molar-refractivity contribution in [3.05, 3.63) is 64.2 Å². The lowest BCUT2D eigenvalue weighted by atomic mass is 9.87. The van der Waals surface area contributed by atoms with Gasteiger partial charge in [-0.15, -0.1) is 0 Å². The Bertz CT molecular complexity index is 744. The zero-order valence-electron chi connectivity index (χ0n) is 14.2. The summed E-state index contributed by atoms with van der Waals surface area (Å²) in [6.07, 6.45) is 3.46. The summed E-state index contributed by atoms with van der Waals surface area (Å²) in [5.74, 6) is 0.00121. The summed E-state index contributed by atoms with van der Waals surface area (Å²) in [5, 5.41) is 3.53. The largest absolute Gasteiger partial charge is 0.323 e. The van der Waals surface area contributed by atoms with Crippen molar-refractivity contribution >= 4 is 23.2 Å². The molecule has 2 aromatic carbocycles. The molecule has 1 aliphatic carbocycles. The van der Waals surface area contributed by atoms with Crippen LogP contribution in [0.1, 0.15) is 35.6 Å². The summed E-state index contributed by atoms with van der Waals surface area (Å²) in [7, 11) is 2.10. The number of amides is 1. The number of benzene rings is 2. The molecule has 0 aromatic heterocycles. The van der Waals surface area contributed by atoms with Gasteiger partial charge in [0.25, 0.3) is 5.91 Å². The Hall–Kier alpha value is -1.84. The Morgan fingerprint density at radius 3 is 2.88 bits per heavy atom. The molecular weight excluding hydrogens is 320 g/mol. The predicted octanol–water partition coefficient (Wildman–Crippen LogP) is 3.18. The molecule has 0 aliphatic heterocycles. The number of nitrogens with one attached hydrogen (secondary N) is 2. The van der Waals surface area contributed by atoms with Crippen LogP contribution in [-0.2, 0) is 11.2 Å². The molecule has 3 nitrogen and oxygen atoms in total. The van der Waals surface area contributed by atoms with E-state index in [0.717, 1.165) is 18.4 Å². The third-order valence-corrected chi connectivity index (χ3v) is 5.12. The zero-order valence-corrected chi connectivity index (χ0v) is 15.0. The molecule has 0 saturated carbocycles. The Morgan fingerprint density at radius 2 is 2.08 bits per heavy atom. The normalized spacial score (nSPS) is 17.9. The van der Waals surface area contributed by atoms with Crippen LogP contribution in [0.3, 0.4) is 0 Å². The average Bonchev–Trinajstić information content (AvgIpc) is 2.57. The second-order valence-corrected chi connectivity index (χ2v) is 7.11. The van der Waals surface area contributed by atoms with Gasteiger partial charge in [-0.1, -0.05) is 41.9 Å². The topological polar surface area (TPSA) is 33.5 Å². The van der Waals surface area contributed by atoms with E-state index >= 15 is 0 Å². The standard InChI is InChI=1S/C20H23ClN2O/c1-14-10-11-18(17(21)12-14)22-20(24)13-23(2)19-9-5-7-15-6-3-4-8-16(15)19/h3-4,6,8,10-12,19H,5,7,9,13H2,1-2H3,(H,22,24)/p+1/t19-/m1/s1. The second kappa shape index (κ2) is 7.37. The average molecular weight is 344 g/mol.